The second kappa shape index (κ2) is 4.27. The van der Waals surface area contributed by atoms with Crippen LogP contribution in [0.25, 0.3) is 0 Å². The lowest BCUT2D eigenvalue weighted by Crippen LogP contribution is -2.31. The third kappa shape index (κ3) is 1.95. The smallest absolute Gasteiger partial charge is 0.104 e. The van der Waals surface area contributed by atoms with E-state index in [4.69, 9.17) is 13.0 Å². The first kappa shape index (κ1) is 10.8. The molecule has 0 aliphatic heterocycles. The summed E-state index contributed by atoms with van der Waals surface area (Å²) in [6, 6.07) is 0. The summed E-state index contributed by atoms with van der Waals surface area (Å²) in [4.78, 5) is 0. The Morgan fingerprint density at radius 2 is 2.15 bits per heavy atom. The van der Waals surface area contributed by atoms with E-state index in [1.807, 2.05) is 6.92 Å². The highest BCUT2D eigenvalue weighted by atomic mass is 16.3. The van der Waals surface area contributed by atoms with E-state index in [1.165, 1.54) is 0 Å². The van der Waals surface area contributed by atoms with Gasteiger partial charge in [-0.05, 0) is 11.5 Å². The number of hydrogen-bond donors (Lipinski definition) is 3. The van der Waals surface area contributed by atoms with Gasteiger partial charge in [-0.15, -0.1) is 0 Å². The van der Waals surface area contributed by atoms with E-state index in [-0.39, 0.29) is 18.4 Å². The summed E-state index contributed by atoms with van der Waals surface area (Å²) >= 11 is 0. The Morgan fingerprint density at radius 1 is 1.54 bits per heavy atom. The molecule has 1 rings (SSSR count). The van der Waals surface area contributed by atoms with Crippen molar-refractivity contribution in [3.63, 3.8) is 0 Å². The van der Waals surface area contributed by atoms with E-state index in [0.717, 1.165) is 0 Å². The van der Waals surface area contributed by atoms with Gasteiger partial charge in [0.05, 0.1) is 20.6 Å². The molecule has 1 aliphatic carbocycles. The molecule has 0 aromatic rings. The van der Waals surface area contributed by atoms with Crippen molar-refractivity contribution in [2.75, 3.05) is 6.61 Å². The molecule has 0 saturated heterocycles. The van der Waals surface area contributed by atoms with E-state index in [1.54, 1.807) is 6.08 Å². The van der Waals surface area contributed by atoms with Crippen LogP contribution in [0.15, 0.2) is 11.6 Å². The monoisotopic (exact) mass is 182 g/mol. The predicted octanol–water partition coefficient (Wildman–Crippen LogP) is -0.520. The lowest BCUT2D eigenvalue weighted by atomic mass is 9.81. The molecule has 0 spiro atoms. The summed E-state index contributed by atoms with van der Waals surface area (Å²) < 4.78 is 0. The fourth-order valence-corrected chi connectivity index (χ4v) is 1.68. The van der Waals surface area contributed by atoms with Gasteiger partial charge < -0.3 is 15.3 Å². The maximum absolute atomic E-state index is 9.59. The fraction of sp³-hybridized carbons (Fsp3) is 0.778. The molecule has 4 atom stereocenters. The molecule has 72 valence electrons. The van der Waals surface area contributed by atoms with E-state index in [9.17, 15) is 10.2 Å². The van der Waals surface area contributed by atoms with Gasteiger partial charge in [-0.25, -0.2) is 0 Å². The van der Waals surface area contributed by atoms with Gasteiger partial charge in [0, 0.05) is 5.92 Å². The van der Waals surface area contributed by atoms with Crippen LogP contribution < -0.4 is 0 Å². The number of rotatable bonds is 3. The predicted molar refractivity (Wildman–Crippen MR) is 50.4 cm³/mol. The Morgan fingerprint density at radius 3 is 2.54 bits per heavy atom. The molecule has 3 N–H and O–H groups in total. The lowest BCUT2D eigenvalue weighted by Gasteiger charge is -2.22. The van der Waals surface area contributed by atoms with Gasteiger partial charge in [0.1, 0.15) is 6.10 Å². The Labute approximate surface area is 79.5 Å². The van der Waals surface area contributed by atoms with E-state index >= 15 is 0 Å². The molecule has 0 aromatic carbocycles. The van der Waals surface area contributed by atoms with Crippen LogP contribution in [0.5, 0.6) is 0 Å². The molecule has 0 fully saturated rings. The van der Waals surface area contributed by atoms with Gasteiger partial charge in [0.15, 0.2) is 0 Å². The van der Waals surface area contributed by atoms with Crippen molar-refractivity contribution >= 4 is 7.85 Å². The average molecular weight is 182 g/mol. The van der Waals surface area contributed by atoms with Gasteiger partial charge in [-0.3, -0.25) is 0 Å². The third-order valence-corrected chi connectivity index (χ3v) is 2.72. The fourth-order valence-electron chi connectivity index (χ4n) is 1.68. The first-order chi connectivity index (χ1) is 6.11. The summed E-state index contributed by atoms with van der Waals surface area (Å²) in [5, 5.41) is 27.9. The number of aliphatic hydroxyl groups is 3. The SMILES string of the molecule is [B]CC(C)C1C=C(CO)C(O)C1O. The first-order valence-corrected chi connectivity index (χ1v) is 4.49. The lowest BCUT2D eigenvalue weighted by molar-refractivity contribution is 0.0147. The van der Waals surface area contributed by atoms with Crippen molar-refractivity contribution < 1.29 is 15.3 Å². The normalized spacial score (nSPS) is 36.0. The van der Waals surface area contributed by atoms with Crippen LogP contribution in [0.1, 0.15) is 6.92 Å². The Hall–Kier alpha value is -0.315. The van der Waals surface area contributed by atoms with Crippen LogP contribution in [0, 0.1) is 11.8 Å². The van der Waals surface area contributed by atoms with Crippen molar-refractivity contribution in [2.45, 2.75) is 25.5 Å². The standard InChI is InChI=1S/C9H15BO3/c1-5(3-10)7-2-6(4-11)8(12)9(7)13/h2,5,7-9,11-13H,3-4H2,1H3. The quantitative estimate of drug-likeness (QED) is 0.406. The van der Waals surface area contributed by atoms with E-state index < -0.39 is 12.2 Å². The largest absolute Gasteiger partial charge is 0.392 e. The van der Waals surface area contributed by atoms with Crippen molar-refractivity contribution in [3.8, 4) is 0 Å². The highest BCUT2D eigenvalue weighted by Crippen LogP contribution is 2.31. The molecule has 4 unspecified atom stereocenters. The summed E-state index contributed by atoms with van der Waals surface area (Å²) in [5.41, 5.74) is 0.498. The van der Waals surface area contributed by atoms with Gasteiger partial charge >= 0.3 is 0 Å². The average Bonchev–Trinajstić information content (AvgIpc) is 2.43. The Balaban J connectivity index is 2.73. The van der Waals surface area contributed by atoms with E-state index in [0.29, 0.717) is 11.9 Å². The second-order valence-corrected chi connectivity index (χ2v) is 3.63. The maximum Gasteiger partial charge on any atom is 0.104 e. The zero-order valence-corrected chi connectivity index (χ0v) is 7.72. The molecule has 2 radical (unpaired) electrons. The van der Waals surface area contributed by atoms with Crippen molar-refractivity contribution in [3.05, 3.63) is 11.6 Å². The zero-order chi connectivity index (χ0) is 10.0. The van der Waals surface area contributed by atoms with E-state index in [2.05, 4.69) is 0 Å². The molecule has 0 amide bonds. The van der Waals surface area contributed by atoms with Crippen molar-refractivity contribution in [2.24, 2.45) is 11.8 Å². The van der Waals surface area contributed by atoms with Crippen LogP contribution in [-0.2, 0) is 0 Å². The molecule has 0 bridgehead atoms. The third-order valence-electron chi connectivity index (χ3n) is 2.72. The van der Waals surface area contributed by atoms with Crippen LogP contribution in [-0.4, -0.2) is 42.0 Å². The Bertz CT molecular complexity index is 205. The van der Waals surface area contributed by atoms with Gasteiger partial charge in [0.25, 0.3) is 0 Å². The summed E-state index contributed by atoms with van der Waals surface area (Å²) in [5.74, 6) is -0.0177. The molecular formula is C9H15BO3. The minimum atomic E-state index is -0.927. The van der Waals surface area contributed by atoms with Gasteiger partial charge in [-0.1, -0.05) is 19.3 Å². The molecule has 0 heterocycles. The number of aliphatic hydroxyl groups excluding tert-OH is 3. The summed E-state index contributed by atoms with van der Waals surface area (Å²) in [7, 11) is 5.46. The topological polar surface area (TPSA) is 60.7 Å². The van der Waals surface area contributed by atoms with Crippen molar-refractivity contribution in [1.29, 1.82) is 0 Å². The molecule has 3 nitrogen and oxygen atoms in total. The van der Waals surface area contributed by atoms with Crippen LogP contribution in [0.3, 0.4) is 0 Å². The highest BCUT2D eigenvalue weighted by molar-refractivity contribution is 6.08. The van der Waals surface area contributed by atoms with Crippen molar-refractivity contribution in [1.82, 2.24) is 0 Å². The minimum absolute atomic E-state index is 0.119. The maximum atomic E-state index is 9.59. The molecule has 13 heavy (non-hydrogen) atoms. The first-order valence-electron chi connectivity index (χ1n) is 4.49. The molecule has 4 heteroatoms. The van der Waals surface area contributed by atoms with Crippen LogP contribution in [0.2, 0.25) is 6.32 Å². The zero-order valence-electron chi connectivity index (χ0n) is 7.72. The molecule has 1 aliphatic rings. The molecule has 0 aromatic heterocycles. The van der Waals surface area contributed by atoms with Crippen LogP contribution in [0.4, 0.5) is 0 Å². The van der Waals surface area contributed by atoms with Crippen LogP contribution >= 0.6 is 0 Å². The number of hydrogen-bond acceptors (Lipinski definition) is 3. The molecular weight excluding hydrogens is 167 g/mol. The minimum Gasteiger partial charge on any atom is -0.392 e. The summed E-state index contributed by atoms with van der Waals surface area (Å²) in [6.45, 7) is 1.71. The van der Waals surface area contributed by atoms with Gasteiger partial charge in [0.2, 0.25) is 0 Å². The molecule has 0 saturated carbocycles. The Kier molecular flexibility index (Phi) is 3.53. The summed E-state index contributed by atoms with van der Waals surface area (Å²) in [6.07, 6.45) is 0.445. The highest BCUT2D eigenvalue weighted by Gasteiger charge is 2.36. The van der Waals surface area contributed by atoms with Gasteiger partial charge in [-0.2, -0.15) is 0 Å². The second-order valence-electron chi connectivity index (χ2n) is 3.63.